The van der Waals surface area contributed by atoms with Crippen LogP contribution in [-0.2, 0) is 24.7 Å². The maximum atomic E-state index is 14.0. The van der Waals surface area contributed by atoms with E-state index in [0.717, 1.165) is 42.0 Å². The van der Waals surface area contributed by atoms with E-state index in [1.54, 1.807) is 39.0 Å². The molecule has 0 bridgehead atoms. The molecule has 376 valence electrons. The second-order valence-corrected chi connectivity index (χ2v) is 20.2. The van der Waals surface area contributed by atoms with Crippen molar-refractivity contribution in [1.29, 1.82) is 0 Å². The van der Waals surface area contributed by atoms with Gasteiger partial charge in [0.2, 0.25) is 0 Å². The molecule has 16 heteroatoms. The van der Waals surface area contributed by atoms with E-state index in [1.165, 1.54) is 35.6 Å². The van der Waals surface area contributed by atoms with Gasteiger partial charge >= 0.3 is 24.7 Å². The maximum absolute atomic E-state index is 14.0. The Morgan fingerprint density at radius 1 is 0.324 bits per heavy atom. The highest BCUT2D eigenvalue weighted by molar-refractivity contribution is 7.31. The summed E-state index contributed by atoms with van der Waals surface area (Å²) in [5.41, 5.74) is 1.03. The van der Waals surface area contributed by atoms with Crippen LogP contribution in [0.3, 0.4) is 0 Å². The lowest BCUT2D eigenvalue weighted by molar-refractivity contribution is -0.144. The number of thiophene rings is 2. The fraction of sp³-hybridized carbons (Fsp3) is 0.138. The molecule has 9 aromatic rings. The summed E-state index contributed by atoms with van der Waals surface area (Å²) >= 11 is 3.01. The number of nitrogens with zero attached hydrogens (tertiary/aromatic N) is 1. The Bertz CT molecular complexity index is 3220. The van der Waals surface area contributed by atoms with E-state index in [-0.39, 0.29) is 34.4 Å². The molecular weight excluding hydrogens is 1010 g/mol. The van der Waals surface area contributed by atoms with Crippen LogP contribution in [0.4, 0.5) is 69.7 Å². The first-order valence-corrected chi connectivity index (χ1v) is 24.5. The van der Waals surface area contributed by atoms with Crippen molar-refractivity contribution >= 4 is 62.2 Å². The summed E-state index contributed by atoms with van der Waals surface area (Å²) < 4.78 is 169. The summed E-state index contributed by atoms with van der Waals surface area (Å²) in [4.78, 5) is 4.95. The predicted molar refractivity (Wildman–Crippen MR) is 275 cm³/mol. The minimum atomic E-state index is -5.08. The SMILES string of the molecule is Cc1cc(-c2cc(C(F)(F)F)cc(C(F)(F)F)c2)cc(C)c1B(c1ccc(-c2ccc(-c3ccc(N(c4ccccc4)c4ccccc4)cc3)s2)s1)c1c(C)cc(-c2cc(C(F)(F)F)cc(C(F)(F)F)c2)cc1C. The van der Waals surface area contributed by atoms with Crippen molar-refractivity contribution in [2.75, 3.05) is 4.90 Å². The zero-order valence-corrected chi connectivity index (χ0v) is 41.2. The molecule has 0 saturated heterocycles. The molecule has 1 nitrogen and oxygen atoms in total. The van der Waals surface area contributed by atoms with E-state index in [2.05, 4.69) is 29.2 Å². The van der Waals surface area contributed by atoms with E-state index in [0.29, 0.717) is 57.4 Å². The number of hydrogen-bond acceptors (Lipinski definition) is 3. The molecule has 9 rings (SSSR count). The minimum Gasteiger partial charge on any atom is -0.311 e. The third kappa shape index (κ3) is 10.8. The van der Waals surface area contributed by atoms with Crippen molar-refractivity contribution in [3.63, 3.8) is 0 Å². The molecule has 0 aliphatic rings. The summed E-state index contributed by atoms with van der Waals surface area (Å²) in [6.45, 7) is 6.12. The highest BCUT2D eigenvalue weighted by Gasteiger charge is 2.39. The molecular formula is C58H40BF12NS2. The number of hydrogen-bond donors (Lipinski definition) is 0. The second-order valence-electron chi connectivity index (χ2n) is 18.0. The minimum absolute atomic E-state index is 0.0688. The van der Waals surface area contributed by atoms with Gasteiger partial charge in [-0.25, -0.2) is 0 Å². The second kappa shape index (κ2) is 19.7. The van der Waals surface area contributed by atoms with Crippen LogP contribution in [0.15, 0.2) is 170 Å². The van der Waals surface area contributed by atoms with E-state index < -0.39 is 53.7 Å². The molecule has 2 aromatic heterocycles. The van der Waals surface area contributed by atoms with Crippen molar-refractivity contribution in [2.24, 2.45) is 0 Å². The van der Waals surface area contributed by atoms with Crippen LogP contribution in [0.25, 0.3) is 42.4 Å². The van der Waals surface area contributed by atoms with Gasteiger partial charge in [-0.2, -0.15) is 52.7 Å². The maximum Gasteiger partial charge on any atom is 0.416 e. The van der Waals surface area contributed by atoms with Gasteiger partial charge in [-0.3, -0.25) is 0 Å². The van der Waals surface area contributed by atoms with Crippen LogP contribution in [0, 0.1) is 27.7 Å². The largest absolute Gasteiger partial charge is 0.416 e. The van der Waals surface area contributed by atoms with E-state index in [1.807, 2.05) is 84.9 Å². The summed E-state index contributed by atoms with van der Waals surface area (Å²) in [6.07, 6.45) is -20.3. The fourth-order valence-electron chi connectivity index (χ4n) is 9.51. The Morgan fingerprint density at radius 2 is 0.649 bits per heavy atom. The first kappa shape index (κ1) is 51.9. The Morgan fingerprint density at radius 3 is 1.03 bits per heavy atom. The zero-order chi connectivity index (χ0) is 53.1. The van der Waals surface area contributed by atoms with Gasteiger partial charge in [-0.15, -0.1) is 22.7 Å². The molecule has 0 N–H and O–H groups in total. The van der Waals surface area contributed by atoms with Gasteiger partial charge < -0.3 is 4.90 Å². The molecule has 0 spiro atoms. The molecule has 0 fully saturated rings. The average Bonchev–Trinajstić information content (AvgIpc) is 4.04. The van der Waals surface area contributed by atoms with Crippen molar-refractivity contribution in [1.82, 2.24) is 0 Å². The lowest BCUT2D eigenvalue weighted by Gasteiger charge is -2.25. The summed E-state index contributed by atoms with van der Waals surface area (Å²) in [7, 11) is 0. The van der Waals surface area contributed by atoms with Gasteiger partial charge in [-0.05, 0) is 151 Å². The molecule has 2 heterocycles. The van der Waals surface area contributed by atoms with Crippen molar-refractivity contribution in [2.45, 2.75) is 52.4 Å². The van der Waals surface area contributed by atoms with Crippen LogP contribution in [0.2, 0.25) is 0 Å². The molecule has 0 aliphatic carbocycles. The van der Waals surface area contributed by atoms with Gasteiger partial charge in [-0.1, -0.05) is 112 Å². The lowest BCUT2D eigenvalue weighted by Crippen LogP contribution is -2.54. The van der Waals surface area contributed by atoms with Crippen molar-refractivity contribution in [3.05, 3.63) is 214 Å². The Balaban J connectivity index is 1.13. The number of alkyl halides is 12. The number of benzene rings is 7. The van der Waals surface area contributed by atoms with Crippen LogP contribution in [0.1, 0.15) is 44.5 Å². The molecule has 7 aromatic carbocycles. The molecule has 0 saturated carbocycles. The van der Waals surface area contributed by atoms with Crippen LogP contribution in [0.5, 0.6) is 0 Å². The number of rotatable bonds is 10. The highest BCUT2D eigenvalue weighted by atomic mass is 32.1. The molecule has 74 heavy (non-hydrogen) atoms. The fourth-order valence-corrected chi connectivity index (χ4v) is 11.7. The Labute approximate surface area is 427 Å². The summed E-state index contributed by atoms with van der Waals surface area (Å²) in [5, 5.41) is 0. The van der Waals surface area contributed by atoms with Gasteiger partial charge in [0.1, 0.15) is 0 Å². The van der Waals surface area contributed by atoms with Gasteiger partial charge in [0.05, 0.1) is 22.3 Å². The lowest BCUT2D eigenvalue weighted by atomic mass is 9.37. The zero-order valence-electron chi connectivity index (χ0n) is 39.5. The molecule has 0 atom stereocenters. The number of para-hydroxylation sites is 2. The van der Waals surface area contributed by atoms with Gasteiger partial charge in [0.15, 0.2) is 0 Å². The van der Waals surface area contributed by atoms with E-state index >= 15 is 0 Å². The number of aryl methyl sites for hydroxylation is 4. The smallest absolute Gasteiger partial charge is 0.311 e. The first-order valence-electron chi connectivity index (χ1n) is 22.9. The summed E-state index contributed by atoms with van der Waals surface area (Å²) in [5.74, 6) is 0. The molecule has 0 radical (unpaired) electrons. The van der Waals surface area contributed by atoms with Crippen LogP contribution >= 0.6 is 22.7 Å². The van der Waals surface area contributed by atoms with E-state index in [4.69, 9.17) is 0 Å². The molecule has 0 amide bonds. The molecule has 0 aliphatic heterocycles. The average molecular weight is 1050 g/mol. The Kier molecular flexibility index (Phi) is 13.8. The Hall–Kier alpha value is -7.04. The molecule has 0 unspecified atom stereocenters. The summed E-state index contributed by atoms with van der Waals surface area (Å²) in [6, 6.07) is 45.0. The first-order chi connectivity index (χ1) is 34.8. The topological polar surface area (TPSA) is 3.24 Å². The standard InChI is InChI=1S/C58H40BF12NS2/c1-33-23-38(40-27-42(55(60,61)62)31-43(28-40)56(63,64)65)24-34(2)53(33)59(54-35(3)25-39(26-36(54)4)41-29-44(57(66,67)68)32-45(30-41)58(69,70)71)52-22-21-51(74-52)50-20-19-49(73-50)37-15-17-48(18-16-37)72(46-11-7-5-8-12-46)47-13-9-6-10-14-47/h5-32H,1-4H3. The van der Waals surface area contributed by atoms with Gasteiger partial charge in [0, 0.05) is 31.7 Å². The van der Waals surface area contributed by atoms with Crippen molar-refractivity contribution < 1.29 is 52.7 Å². The highest BCUT2D eigenvalue weighted by Crippen LogP contribution is 2.43. The van der Waals surface area contributed by atoms with E-state index in [9.17, 15) is 52.7 Å². The van der Waals surface area contributed by atoms with Crippen molar-refractivity contribution in [3.8, 4) is 42.4 Å². The van der Waals surface area contributed by atoms with Gasteiger partial charge in [0.25, 0.3) is 6.71 Å². The monoisotopic (exact) mass is 1050 g/mol. The quantitative estimate of drug-likeness (QED) is 0.0975. The third-order valence-corrected chi connectivity index (χ3v) is 15.3. The van der Waals surface area contributed by atoms with Crippen LogP contribution < -0.4 is 20.6 Å². The number of halogens is 12. The normalized spacial score (nSPS) is 12.3. The van der Waals surface area contributed by atoms with Crippen LogP contribution in [-0.4, -0.2) is 6.71 Å². The number of anilines is 3. The predicted octanol–water partition coefficient (Wildman–Crippen LogP) is 17.8. The third-order valence-electron chi connectivity index (χ3n) is 12.8.